The van der Waals surface area contributed by atoms with E-state index in [0.717, 1.165) is 86.5 Å². The molecule has 15 rings (SSSR count). The second-order valence-corrected chi connectivity index (χ2v) is 28.4. The first-order chi connectivity index (χ1) is 61.2. The summed E-state index contributed by atoms with van der Waals surface area (Å²) in [7, 11) is -5.90. The normalized spacial score (nSPS) is 9.91. The quantitative estimate of drug-likeness (QED) is 0.0134. The van der Waals surface area contributed by atoms with Gasteiger partial charge in [0.1, 0.15) is 49.1 Å². The number of nitrogens with two attached hydrogens (primary N) is 2. The number of imidazole rings is 1. The van der Waals surface area contributed by atoms with Gasteiger partial charge in [-0.3, -0.25) is 34.9 Å². The first-order valence-electron chi connectivity index (χ1n) is 38.9. The zero-order valence-electron chi connectivity index (χ0n) is 68.5. The molecule has 14 aromatic carbocycles. The van der Waals surface area contributed by atoms with Crippen LogP contribution in [-0.2, 0) is 77.7 Å². The number of fused-ring (bicyclic) bond motifs is 1. The number of nitrogens with zero attached hydrogens (tertiary/aromatic N) is 4. The van der Waals surface area contributed by atoms with Crippen LogP contribution >= 0.6 is 0 Å². The Balaban J connectivity index is 0.000000205. The van der Waals surface area contributed by atoms with E-state index in [1.165, 1.54) is 66.9 Å². The minimum atomic E-state index is -2.95. The maximum atomic E-state index is 13.3. The van der Waals surface area contributed by atoms with Crippen molar-refractivity contribution in [1.29, 1.82) is 0 Å². The molecule has 0 radical (unpaired) electrons. The van der Waals surface area contributed by atoms with Crippen molar-refractivity contribution < 1.29 is 68.8 Å². The van der Waals surface area contributed by atoms with Crippen molar-refractivity contribution in [2.75, 3.05) is 16.4 Å². The van der Waals surface area contributed by atoms with Crippen molar-refractivity contribution in [2.45, 2.75) is 59.2 Å². The summed E-state index contributed by atoms with van der Waals surface area (Å²) < 4.78 is 99.0. The van der Waals surface area contributed by atoms with Gasteiger partial charge in [0, 0.05) is 19.6 Å². The number of hydrogen-bond donors (Lipinski definition) is 6. The first-order valence-corrected chi connectivity index (χ1v) is 49.6. The third kappa shape index (κ3) is 35.0. The predicted molar refractivity (Wildman–Crippen MR) is 485 cm³/mol. The Labute approximate surface area is 756 Å². The molecule has 0 unspecified atom stereocenters. The molecule has 0 atom stereocenters. The van der Waals surface area contributed by atoms with Crippen LogP contribution in [0.25, 0.3) is 11.0 Å². The molecule has 0 aliphatic heterocycles. The van der Waals surface area contributed by atoms with Gasteiger partial charge in [0.15, 0.2) is 5.75 Å². The Bertz CT molecular complexity index is 5930. The number of halogens is 3. The van der Waals surface area contributed by atoms with Crippen molar-refractivity contribution in [3.8, 4) is 23.0 Å². The Morgan fingerprint density at radius 2 is 0.659 bits per heavy atom. The number of nitrogens with one attached hydrogen (secondary N) is 3. The molecule has 0 bridgehead atoms. The van der Waals surface area contributed by atoms with Crippen molar-refractivity contribution in [3.63, 3.8) is 0 Å². The number of rotatable bonds is 25. The zero-order chi connectivity index (χ0) is 90.6. The molecule has 0 amide bonds. The van der Waals surface area contributed by atoms with E-state index in [1.807, 2.05) is 297 Å². The summed E-state index contributed by atoms with van der Waals surface area (Å²) in [4.78, 5) is 45.3. The molecule has 0 fully saturated rings. The molecule has 1 heterocycles. The molecular weight excluding hydrogens is 1680 g/mol. The number of benzene rings is 14. The monoisotopic (exact) mass is 1760 g/mol. The van der Waals surface area contributed by atoms with Crippen LogP contribution < -0.4 is 46.7 Å². The van der Waals surface area contributed by atoms with Crippen molar-refractivity contribution in [1.82, 2.24) is 9.55 Å². The number of nitro benzene ring substituents is 3. The molecule has 8 N–H and O–H groups in total. The average molecular weight is 1760 g/mol. The van der Waals surface area contributed by atoms with E-state index in [0.29, 0.717) is 55.7 Å². The Morgan fingerprint density at radius 1 is 0.365 bits per heavy atom. The summed E-state index contributed by atoms with van der Waals surface area (Å²) in [6.07, 6.45) is 0. The summed E-state index contributed by atoms with van der Waals surface area (Å²) in [5.74, 6) is -1.64. The van der Waals surface area contributed by atoms with Crippen molar-refractivity contribution in [3.05, 3.63) is 472 Å². The van der Waals surface area contributed by atoms with Crippen LogP contribution in [0.15, 0.2) is 369 Å². The van der Waals surface area contributed by atoms with E-state index in [-0.39, 0.29) is 42.7 Å². The fraction of sp³-hybridized carbons (Fsp3) is 0.0957. The van der Waals surface area contributed by atoms with Gasteiger partial charge in [-0.2, -0.15) is 30.0 Å². The number of nitro groups is 3. The Morgan fingerprint density at radius 3 is 1.02 bits per heavy atom. The number of aliphatic hydroxyl groups excluding tert-OH is 1. The Hall–Kier alpha value is -13.5. The molecule has 0 saturated carbocycles. The van der Waals surface area contributed by atoms with Gasteiger partial charge >= 0.3 is 84.9 Å². The fourth-order valence-corrected chi connectivity index (χ4v) is 11.2. The SMILES string of the molecule is NCc1ccccc1.Nc1c(NCc2ccccc2)cccc1OCc1ccccc1.O=S(=O)=S(=O)=O.O=[N+]([O-])c1c(F)cccc1F.O=[N+]([O-])c1c(F)cccc1OCc1ccccc1.O=[N+]([O-])c1c(NCc2ccccc2)cccc1OCc1ccccc1.O=c1[nH]c2c(OCc3ccccc3)cccc2n1Cc1ccccc1.OCc1ccccc1.[Na][Na]. The van der Waals surface area contributed by atoms with Gasteiger partial charge in [-0.25, -0.2) is 4.79 Å². The van der Waals surface area contributed by atoms with Gasteiger partial charge in [0.2, 0.25) is 23.2 Å². The number of aromatic nitrogens is 2. The van der Waals surface area contributed by atoms with Gasteiger partial charge in [-0.1, -0.05) is 303 Å². The van der Waals surface area contributed by atoms with Crippen molar-refractivity contribution in [2.24, 2.45) is 5.73 Å². The van der Waals surface area contributed by atoms with E-state index in [4.69, 9.17) is 52.4 Å². The molecule has 25 nitrogen and oxygen atoms in total. The summed E-state index contributed by atoms with van der Waals surface area (Å²) in [5, 5.41) is 47.3. The molecule has 1 aromatic heterocycles. The van der Waals surface area contributed by atoms with Crippen LogP contribution in [0.3, 0.4) is 0 Å². The summed E-state index contributed by atoms with van der Waals surface area (Å²) in [5.41, 5.74) is 22.7. The zero-order valence-corrected chi connectivity index (χ0v) is 74.1. The van der Waals surface area contributed by atoms with E-state index < -0.39 is 62.1 Å². The van der Waals surface area contributed by atoms with Gasteiger partial charge in [-0.05, 0) is 111 Å². The topological polar surface area (TPSA) is 369 Å². The van der Waals surface area contributed by atoms with Crippen LogP contribution in [0.2, 0.25) is 0 Å². The summed E-state index contributed by atoms with van der Waals surface area (Å²) >= 11 is 2.89. The van der Waals surface area contributed by atoms with E-state index in [2.05, 4.69) is 27.8 Å². The molecule has 638 valence electrons. The van der Waals surface area contributed by atoms with Gasteiger partial charge in [-0.15, -0.1) is 0 Å². The van der Waals surface area contributed by atoms with E-state index >= 15 is 0 Å². The average Bonchev–Trinajstić information content (AvgIpc) is 1.64. The van der Waals surface area contributed by atoms with Crippen LogP contribution in [-0.4, -0.2) is 89.9 Å². The predicted octanol–water partition coefficient (Wildman–Crippen LogP) is 18.6. The van der Waals surface area contributed by atoms with Gasteiger partial charge in [0.25, 0.3) is 0 Å². The van der Waals surface area contributed by atoms with Gasteiger partial charge < -0.3 is 51.1 Å². The fourth-order valence-electron chi connectivity index (χ4n) is 11.2. The first kappa shape index (κ1) is 99.6. The molecule has 15 aromatic rings. The minimum absolute atomic E-state index is 0.0469. The third-order valence-corrected chi connectivity index (χ3v) is 18.2. The third-order valence-electron chi connectivity index (χ3n) is 17.3. The number of para-hydroxylation sites is 5. The van der Waals surface area contributed by atoms with E-state index in [9.17, 15) is 48.3 Å². The number of hydrogen-bond acceptors (Lipinski definition) is 20. The van der Waals surface area contributed by atoms with E-state index in [1.54, 1.807) is 22.8 Å². The summed E-state index contributed by atoms with van der Waals surface area (Å²) in [6, 6.07) is 111. The second kappa shape index (κ2) is 56.3. The number of aliphatic hydroxyl groups is 1. The molecule has 0 aliphatic carbocycles. The number of aromatic amines is 1. The molecule has 32 heteroatoms. The number of anilines is 3. The molecule has 0 aliphatic rings. The van der Waals surface area contributed by atoms with Gasteiger partial charge in [0.05, 0.1) is 44.8 Å². The maximum absolute atomic E-state index is 13.3. The van der Waals surface area contributed by atoms with Crippen LogP contribution in [0.4, 0.5) is 47.3 Å². The Kier molecular flexibility index (Phi) is 44.5. The van der Waals surface area contributed by atoms with Crippen LogP contribution in [0.5, 0.6) is 23.0 Å². The molecule has 0 spiro atoms. The second-order valence-electron chi connectivity index (χ2n) is 26.0. The number of nitrogen functional groups attached to an aromatic ring is 1. The molecule has 0 saturated heterocycles. The van der Waals surface area contributed by atoms with Crippen molar-refractivity contribution >= 4 is 107 Å². The number of ether oxygens (including phenoxy) is 4. The number of H-pyrrole nitrogens is 1. The van der Waals surface area contributed by atoms with Crippen LogP contribution in [0, 0.1) is 47.8 Å². The summed E-state index contributed by atoms with van der Waals surface area (Å²) in [6.45, 7) is 3.95. The molecular formula is C94H86F3N9Na2O16S2. The standard InChI is InChI=1S/C21H18N2O2.C20H18N2O3.C20H20N2O.C13H10FNO3.C7H9N.C7H8O.C6H3F2NO2.2Na.O4S2/c24-21-22-20-18(23(21)14-16-8-3-1-4-9-16)12-7-13-19(20)25-15-17-10-5-2-6-11-17;23-22(24)20-18(21-14-16-8-3-1-4-9-16)12-7-13-19(20)25-15-17-10-5-2-6-11-17;21-20-18(22-14-16-8-3-1-4-9-16)12-7-13-19(20)23-15-17-10-5-2-6-11-17;14-11-7-4-8-12(13(11)15(16)17)18-9-10-5-2-1-3-6-10;2*8-6-7-4-2-1-3-5-7;7-4-2-1-3-5(8)6(4)9(10)11;;;1-5(2)6(3)4/h1-13H,14-15H2,(H,22,24);1-13,21H,14-15H2;1-13,22H,14-15,21H2;1-8H,9H2;1-5H,6,8H2;1-5,8H,6H2;1-3H;;;. The van der Waals surface area contributed by atoms with Crippen LogP contribution in [0.1, 0.15) is 50.1 Å². The molecule has 126 heavy (non-hydrogen) atoms.